The summed E-state index contributed by atoms with van der Waals surface area (Å²) in [5.74, 6) is 0.215. The highest BCUT2D eigenvalue weighted by atomic mass is 16.1. The number of unbranched alkanes of at least 4 members (excludes halogenated alkanes) is 9. The highest BCUT2D eigenvalue weighted by Gasteiger charge is 2.39. The lowest BCUT2D eigenvalue weighted by molar-refractivity contribution is -0.128. The average Bonchev–Trinajstić information content (AvgIpc) is 2.51. The van der Waals surface area contributed by atoms with Crippen molar-refractivity contribution in [2.45, 2.75) is 103 Å². The van der Waals surface area contributed by atoms with Crippen LogP contribution in [-0.4, -0.2) is 5.78 Å². The van der Waals surface area contributed by atoms with Crippen LogP contribution in [0.4, 0.5) is 0 Å². The Morgan fingerprint density at radius 3 is 2.05 bits per heavy atom. The van der Waals surface area contributed by atoms with Crippen molar-refractivity contribution in [1.82, 2.24) is 0 Å². The van der Waals surface area contributed by atoms with Crippen LogP contribution in [0.25, 0.3) is 0 Å². The molecule has 0 bridgehead atoms. The van der Waals surface area contributed by atoms with Gasteiger partial charge in [-0.3, -0.25) is 4.79 Å². The van der Waals surface area contributed by atoms with Gasteiger partial charge in [-0.2, -0.15) is 5.26 Å². The van der Waals surface area contributed by atoms with Crippen molar-refractivity contribution in [3.05, 3.63) is 0 Å². The quantitative estimate of drug-likeness (QED) is 0.441. The Bertz CT molecular complexity index is 331. The zero-order valence-electron chi connectivity index (χ0n) is 14.0. The van der Waals surface area contributed by atoms with Crippen molar-refractivity contribution in [2.24, 2.45) is 5.41 Å². The predicted molar refractivity (Wildman–Crippen MR) is 88.0 cm³/mol. The molecule has 0 amide bonds. The standard InChI is InChI=1S/C19H33NO/c1-2-3-4-5-6-7-8-9-10-12-15-19(17-20)16-13-11-14-18(19)21/h2-16H2,1H3. The van der Waals surface area contributed by atoms with E-state index in [1.807, 2.05) is 0 Å². The van der Waals surface area contributed by atoms with Gasteiger partial charge in [-0.05, 0) is 19.3 Å². The number of hydrogen-bond acceptors (Lipinski definition) is 2. The summed E-state index contributed by atoms with van der Waals surface area (Å²) in [6.07, 6.45) is 17.3. The van der Waals surface area contributed by atoms with Gasteiger partial charge in [0.15, 0.2) is 5.78 Å². The molecule has 1 aliphatic rings. The van der Waals surface area contributed by atoms with Crippen LogP contribution in [0.5, 0.6) is 0 Å². The molecular weight excluding hydrogens is 258 g/mol. The van der Waals surface area contributed by atoms with Crippen molar-refractivity contribution >= 4 is 5.78 Å². The third-order valence-corrected chi connectivity index (χ3v) is 4.96. The molecule has 0 spiro atoms. The summed E-state index contributed by atoms with van der Waals surface area (Å²) in [5, 5.41) is 9.38. The molecule has 0 heterocycles. The number of rotatable bonds is 11. The third kappa shape index (κ3) is 6.64. The SMILES string of the molecule is CCCCCCCCCCCCC1(C#N)CCCCC1=O. The second kappa shape index (κ2) is 10.8. The van der Waals surface area contributed by atoms with Crippen LogP contribution in [0.3, 0.4) is 0 Å². The Kier molecular flexibility index (Phi) is 9.39. The maximum atomic E-state index is 12.0. The van der Waals surface area contributed by atoms with Gasteiger partial charge in [-0.25, -0.2) is 0 Å². The van der Waals surface area contributed by atoms with Crippen molar-refractivity contribution in [3.63, 3.8) is 0 Å². The second-order valence-electron chi connectivity index (χ2n) is 6.76. The molecule has 0 saturated heterocycles. The molecule has 21 heavy (non-hydrogen) atoms. The van der Waals surface area contributed by atoms with Gasteiger partial charge in [-0.1, -0.05) is 77.6 Å². The minimum absolute atomic E-state index is 0.215. The van der Waals surface area contributed by atoms with E-state index in [1.165, 1.54) is 57.8 Å². The third-order valence-electron chi connectivity index (χ3n) is 4.96. The van der Waals surface area contributed by atoms with Crippen LogP contribution < -0.4 is 0 Å². The molecule has 0 radical (unpaired) electrons. The van der Waals surface area contributed by atoms with Crippen molar-refractivity contribution in [1.29, 1.82) is 5.26 Å². The lowest BCUT2D eigenvalue weighted by Gasteiger charge is -2.29. The predicted octanol–water partition coefficient (Wildman–Crippen LogP) is 5.95. The van der Waals surface area contributed by atoms with Crippen LogP contribution in [0, 0.1) is 16.7 Å². The minimum atomic E-state index is -0.613. The highest BCUT2D eigenvalue weighted by Crippen LogP contribution is 2.37. The molecule has 1 aliphatic carbocycles. The molecule has 1 saturated carbocycles. The molecule has 0 aliphatic heterocycles. The van der Waals surface area contributed by atoms with Crippen LogP contribution in [-0.2, 0) is 4.79 Å². The van der Waals surface area contributed by atoms with E-state index in [2.05, 4.69) is 13.0 Å². The van der Waals surface area contributed by atoms with Gasteiger partial charge in [0.2, 0.25) is 0 Å². The van der Waals surface area contributed by atoms with Gasteiger partial charge < -0.3 is 0 Å². The number of hydrogen-bond donors (Lipinski definition) is 0. The topological polar surface area (TPSA) is 40.9 Å². The van der Waals surface area contributed by atoms with Crippen LogP contribution in [0.1, 0.15) is 103 Å². The first-order chi connectivity index (χ1) is 10.2. The Hall–Kier alpha value is -0.840. The summed E-state index contributed by atoms with van der Waals surface area (Å²) in [7, 11) is 0. The van der Waals surface area contributed by atoms with Crippen molar-refractivity contribution in [2.75, 3.05) is 0 Å². The molecule has 0 aromatic carbocycles. The number of carbonyl (C=O) groups is 1. The van der Waals surface area contributed by atoms with Crippen LogP contribution in [0.15, 0.2) is 0 Å². The summed E-state index contributed by atoms with van der Waals surface area (Å²) < 4.78 is 0. The summed E-state index contributed by atoms with van der Waals surface area (Å²) in [6, 6.07) is 2.35. The first-order valence-electron chi connectivity index (χ1n) is 9.20. The fourth-order valence-electron chi connectivity index (χ4n) is 3.44. The molecule has 1 atom stereocenters. The molecule has 2 heteroatoms. The van der Waals surface area contributed by atoms with Crippen LogP contribution in [0.2, 0.25) is 0 Å². The van der Waals surface area contributed by atoms with Gasteiger partial charge in [0.05, 0.1) is 6.07 Å². The molecule has 0 aromatic rings. The molecule has 0 aromatic heterocycles. The molecule has 2 nitrogen and oxygen atoms in total. The van der Waals surface area contributed by atoms with Gasteiger partial charge in [0.25, 0.3) is 0 Å². The Labute approximate surface area is 131 Å². The maximum Gasteiger partial charge on any atom is 0.153 e. The highest BCUT2D eigenvalue weighted by molar-refractivity contribution is 5.88. The lowest BCUT2D eigenvalue weighted by Crippen LogP contribution is -2.32. The van der Waals surface area contributed by atoms with E-state index >= 15 is 0 Å². The Balaban J connectivity index is 2.03. The summed E-state index contributed by atoms with van der Waals surface area (Å²) >= 11 is 0. The zero-order valence-corrected chi connectivity index (χ0v) is 14.0. The molecule has 1 fully saturated rings. The second-order valence-corrected chi connectivity index (χ2v) is 6.76. The molecular formula is C19H33NO. The normalized spacial score (nSPS) is 22.2. The number of carbonyl (C=O) groups excluding carboxylic acids is 1. The van der Waals surface area contributed by atoms with Gasteiger partial charge in [-0.15, -0.1) is 0 Å². The van der Waals surface area contributed by atoms with E-state index in [-0.39, 0.29) is 5.78 Å². The van der Waals surface area contributed by atoms with Gasteiger partial charge >= 0.3 is 0 Å². The average molecular weight is 291 g/mol. The van der Waals surface area contributed by atoms with Crippen LogP contribution >= 0.6 is 0 Å². The zero-order chi connectivity index (χ0) is 15.4. The van der Waals surface area contributed by atoms with E-state index in [0.29, 0.717) is 6.42 Å². The number of Topliss-reactive ketones (excluding diaryl/α,β-unsaturated/α-hetero) is 1. The molecule has 120 valence electrons. The molecule has 0 N–H and O–H groups in total. The van der Waals surface area contributed by atoms with E-state index in [4.69, 9.17) is 0 Å². The number of nitriles is 1. The van der Waals surface area contributed by atoms with Gasteiger partial charge in [0.1, 0.15) is 5.41 Å². The first-order valence-corrected chi connectivity index (χ1v) is 9.20. The lowest BCUT2D eigenvalue weighted by atomic mass is 9.71. The fraction of sp³-hybridized carbons (Fsp3) is 0.895. The maximum absolute atomic E-state index is 12.0. The fourth-order valence-corrected chi connectivity index (χ4v) is 3.44. The van der Waals surface area contributed by atoms with E-state index in [9.17, 15) is 10.1 Å². The van der Waals surface area contributed by atoms with E-state index in [0.717, 1.165) is 32.1 Å². The summed E-state index contributed by atoms with van der Waals surface area (Å²) in [6.45, 7) is 2.26. The first kappa shape index (κ1) is 18.2. The molecule has 1 unspecified atom stereocenters. The van der Waals surface area contributed by atoms with Crippen molar-refractivity contribution in [3.8, 4) is 6.07 Å². The number of nitrogens with zero attached hydrogens (tertiary/aromatic N) is 1. The van der Waals surface area contributed by atoms with Crippen molar-refractivity contribution < 1.29 is 4.79 Å². The largest absolute Gasteiger partial charge is 0.298 e. The Morgan fingerprint density at radius 1 is 0.952 bits per heavy atom. The minimum Gasteiger partial charge on any atom is -0.298 e. The van der Waals surface area contributed by atoms with E-state index in [1.54, 1.807) is 0 Å². The number of ketones is 1. The van der Waals surface area contributed by atoms with E-state index < -0.39 is 5.41 Å². The Morgan fingerprint density at radius 2 is 1.52 bits per heavy atom. The molecule has 1 rings (SSSR count). The van der Waals surface area contributed by atoms with Gasteiger partial charge in [0, 0.05) is 6.42 Å². The summed E-state index contributed by atoms with van der Waals surface area (Å²) in [4.78, 5) is 12.0. The smallest absolute Gasteiger partial charge is 0.153 e. The summed E-state index contributed by atoms with van der Waals surface area (Å²) in [5.41, 5.74) is -0.613. The monoisotopic (exact) mass is 291 g/mol.